The molecule has 29 heavy (non-hydrogen) atoms. The Hall–Kier alpha value is -1.05. The van der Waals surface area contributed by atoms with Crippen LogP contribution in [0.25, 0.3) is 0 Å². The van der Waals surface area contributed by atoms with Gasteiger partial charge < -0.3 is 4.90 Å². The van der Waals surface area contributed by atoms with Gasteiger partial charge in [-0.3, -0.25) is 4.79 Å². The molecule has 3 unspecified atom stereocenters. The van der Waals surface area contributed by atoms with E-state index in [1.54, 1.807) is 5.70 Å². The van der Waals surface area contributed by atoms with Crippen molar-refractivity contribution >= 4 is 5.78 Å². The Morgan fingerprint density at radius 3 is 2.72 bits per heavy atom. The van der Waals surface area contributed by atoms with E-state index in [1.807, 2.05) is 0 Å². The standard InChI is InChI=1S/C27H39NO/c1-16-5-8-23-17(2)25-24(28(23)15-16)14-22-20-7-6-18-13-19(29)9-11-26(18,3)21(20)10-12-27(22,25)4/h8,13,16-17,20-22,24-25H,5-7,9-12,14-15H2,1-4H3/t16-,17?,20+,21-,22-,24?,25?,26-,27-/m0/s1. The lowest BCUT2D eigenvalue weighted by molar-refractivity contribution is -0.117. The molecule has 0 N–H and O–H groups in total. The van der Waals surface area contributed by atoms with Crippen LogP contribution < -0.4 is 0 Å². The van der Waals surface area contributed by atoms with Gasteiger partial charge in [-0.25, -0.2) is 0 Å². The minimum Gasteiger partial charge on any atom is -0.371 e. The van der Waals surface area contributed by atoms with Gasteiger partial charge in [0.1, 0.15) is 0 Å². The van der Waals surface area contributed by atoms with Crippen LogP contribution in [0.3, 0.4) is 0 Å². The van der Waals surface area contributed by atoms with Gasteiger partial charge in [-0.15, -0.1) is 0 Å². The minimum absolute atomic E-state index is 0.312. The molecule has 6 aliphatic rings. The van der Waals surface area contributed by atoms with E-state index in [9.17, 15) is 4.79 Å². The van der Waals surface area contributed by atoms with Gasteiger partial charge in [0.15, 0.2) is 5.78 Å². The first-order valence-corrected chi connectivity index (χ1v) is 12.5. The summed E-state index contributed by atoms with van der Waals surface area (Å²) in [5, 5.41) is 0. The second-order valence-corrected chi connectivity index (χ2v) is 12.3. The quantitative estimate of drug-likeness (QED) is 0.504. The number of ketones is 1. The SMILES string of the molecule is CC1C2=CC[C@H](C)CN2C2C[C@H]3[C@@H]4CCC5=CC(=O)CC[C@]5(C)[C@H]4CC[C@]3(C)C12. The van der Waals surface area contributed by atoms with E-state index < -0.39 is 0 Å². The molecule has 0 radical (unpaired) electrons. The van der Waals surface area contributed by atoms with Crippen LogP contribution in [0, 0.1) is 46.3 Å². The predicted molar refractivity (Wildman–Crippen MR) is 117 cm³/mol. The second-order valence-electron chi connectivity index (χ2n) is 12.3. The van der Waals surface area contributed by atoms with Crippen LogP contribution in [0.15, 0.2) is 23.4 Å². The highest BCUT2D eigenvalue weighted by Crippen LogP contribution is 2.70. The zero-order valence-corrected chi connectivity index (χ0v) is 18.9. The molecule has 2 heterocycles. The van der Waals surface area contributed by atoms with E-state index in [4.69, 9.17) is 0 Å². The van der Waals surface area contributed by atoms with Gasteiger partial charge in [0, 0.05) is 30.6 Å². The summed E-state index contributed by atoms with van der Waals surface area (Å²) in [6.45, 7) is 11.5. The van der Waals surface area contributed by atoms with Gasteiger partial charge in [-0.05, 0) is 91.4 Å². The second kappa shape index (κ2) is 6.01. The number of rotatable bonds is 0. The Balaban J connectivity index is 1.35. The van der Waals surface area contributed by atoms with Crippen molar-refractivity contribution in [2.75, 3.05) is 6.54 Å². The molecule has 4 aliphatic carbocycles. The number of carbonyl (C=O) groups excluding carboxylic acids is 1. The van der Waals surface area contributed by atoms with E-state index in [-0.39, 0.29) is 0 Å². The average Bonchev–Trinajstić information content (AvgIpc) is 3.15. The van der Waals surface area contributed by atoms with Crippen LogP contribution in [0.1, 0.15) is 79.1 Å². The molecule has 0 aromatic rings. The van der Waals surface area contributed by atoms with Crippen molar-refractivity contribution in [2.24, 2.45) is 46.3 Å². The van der Waals surface area contributed by atoms with Crippen LogP contribution in [0.5, 0.6) is 0 Å². The molecule has 158 valence electrons. The Morgan fingerprint density at radius 2 is 1.90 bits per heavy atom. The molecule has 2 heteroatoms. The summed E-state index contributed by atoms with van der Waals surface area (Å²) in [4.78, 5) is 15.0. The number of hydrogen-bond acceptors (Lipinski definition) is 2. The lowest BCUT2D eigenvalue weighted by Crippen LogP contribution is -2.50. The fourth-order valence-corrected chi connectivity index (χ4v) is 9.75. The van der Waals surface area contributed by atoms with E-state index in [1.165, 1.54) is 50.6 Å². The largest absolute Gasteiger partial charge is 0.371 e. The molecule has 0 aromatic heterocycles. The van der Waals surface area contributed by atoms with Gasteiger partial charge in [-0.1, -0.05) is 39.3 Å². The number of fused-ring (bicyclic) bond motifs is 9. The van der Waals surface area contributed by atoms with E-state index in [2.05, 4.69) is 44.7 Å². The monoisotopic (exact) mass is 393 g/mol. The van der Waals surface area contributed by atoms with Crippen LogP contribution in [-0.2, 0) is 4.79 Å². The van der Waals surface area contributed by atoms with Crippen molar-refractivity contribution in [3.63, 3.8) is 0 Å². The Morgan fingerprint density at radius 1 is 1.07 bits per heavy atom. The van der Waals surface area contributed by atoms with Crippen molar-refractivity contribution in [3.05, 3.63) is 23.4 Å². The lowest BCUT2D eigenvalue weighted by Gasteiger charge is -2.58. The third-order valence-corrected chi connectivity index (χ3v) is 11.0. The summed E-state index contributed by atoms with van der Waals surface area (Å²) >= 11 is 0. The molecule has 2 nitrogen and oxygen atoms in total. The summed E-state index contributed by atoms with van der Waals surface area (Å²) in [5.41, 5.74) is 4.05. The first kappa shape index (κ1) is 18.7. The van der Waals surface area contributed by atoms with Crippen LogP contribution in [0.4, 0.5) is 0 Å². The molecule has 0 spiro atoms. The summed E-state index contributed by atoms with van der Waals surface area (Å²) in [5.74, 6) is 5.42. The van der Waals surface area contributed by atoms with Crippen molar-refractivity contribution < 1.29 is 4.79 Å². The lowest BCUT2D eigenvalue weighted by atomic mass is 9.46. The molecule has 0 amide bonds. The molecule has 9 atom stereocenters. The third kappa shape index (κ3) is 2.32. The highest BCUT2D eigenvalue weighted by atomic mass is 16.1. The van der Waals surface area contributed by atoms with Gasteiger partial charge in [0.05, 0.1) is 0 Å². The first-order chi connectivity index (χ1) is 13.8. The summed E-state index contributed by atoms with van der Waals surface area (Å²) < 4.78 is 0. The molecule has 4 fully saturated rings. The molecule has 3 saturated carbocycles. The predicted octanol–water partition coefficient (Wildman–Crippen LogP) is 5.99. The molecular weight excluding hydrogens is 354 g/mol. The highest BCUT2D eigenvalue weighted by molar-refractivity contribution is 5.91. The summed E-state index contributed by atoms with van der Waals surface area (Å²) in [6.07, 6.45) is 14.6. The minimum atomic E-state index is 0.312. The fourth-order valence-electron chi connectivity index (χ4n) is 9.75. The Bertz CT molecular complexity index is 809. The molecule has 6 rings (SSSR count). The number of hydrogen-bond donors (Lipinski definition) is 0. The zero-order chi connectivity index (χ0) is 20.1. The van der Waals surface area contributed by atoms with Crippen molar-refractivity contribution in [1.82, 2.24) is 4.90 Å². The van der Waals surface area contributed by atoms with Gasteiger partial charge in [-0.2, -0.15) is 0 Å². The third-order valence-electron chi connectivity index (χ3n) is 11.0. The first-order valence-electron chi connectivity index (χ1n) is 12.5. The maximum atomic E-state index is 12.1. The van der Waals surface area contributed by atoms with E-state index in [0.717, 1.165) is 54.4 Å². The van der Waals surface area contributed by atoms with Crippen LogP contribution in [0.2, 0.25) is 0 Å². The smallest absolute Gasteiger partial charge is 0.155 e. The van der Waals surface area contributed by atoms with Crippen molar-refractivity contribution in [1.29, 1.82) is 0 Å². The van der Waals surface area contributed by atoms with Crippen LogP contribution in [-0.4, -0.2) is 23.3 Å². The van der Waals surface area contributed by atoms with Crippen molar-refractivity contribution in [3.8, 4) is 0 Å². The molecule has 0 aromatic carbocycles. The fraction of sp³-hybridized carbons (Fsp3) is 0.815. The number of nitrogens with zero attached hydrogens (tertiary/aromatic N) is 1. The van der Waals surface area contributed by atoms with E-state index >= 15 is 0 Å². The summed E-state index contributed by atoms with van der Waals surface area (Å²) in [7, 11) is 0. The van der Waals surface area contributed by atoms with Crippen LogP contribution >= 0.6 is 0 Å². The summed E-state index contributed by atoms with van der Waals surface area (Å²) in [6, 6.07) is 0.797. The maximum absolute atomic E-state index is 12.1. The van der Waals surface area contributed by atoms with Gasteiger partial charge in [0.2, 0.25) is 0 Å². The van der Waals surface area contributed by atoms with E-state index in [0.29, 0.717) is 16.6 Å². The maximum Gasteiger partial charge on any atom is 0.155 e. The number of carbonyl (C=O) groups is 1. The molecule has 1 saturated heterocycles. The Labute approximate surface area is 177 Å². The topological polar surface area (TPSA) is 20.3 Å². The normalized spacial score (nSPS) is 53.3. The highest BCUT2D eigenvalue weighted by Gasteiger charge is 2.65. The van der Waals surface area contributed by atoms with Gasteiger partial charge >= 0.3 is 0 Å². The zero-order valence-electron chi connectivity index (χ0n) is 18.9. The van der Waals surface area contributed by atoms with Crippen molar-refractivity contribution in [2.45, 2.75) is 85.1 Å². The van der Waals surface area contributed by atoms with Gasteiger partial charge in [0.25, 0.3) is 0 Å². The number of allylic oxidation sites excluding steroid dienone is 3. The molecule has 2 aliphatic heterocycles. The molecule has 0 bridgehead atoms. The average molecular weight is 394 g/mol. The Kier molecular flexibility index (Phi) is 3.88. The molecular formula is C27H39NO.